The maximum atomic E-state index is 7.73. The van der Waals surface area contributed by atoms with Crippen LogP contribution in [0.3, 0.4) is 0 Å². The van der Waals surface area contributed by atoms with Crippen LogP contribution in [-0.4, -0.2) is 101 Å². The summed E-state index contributed by atoms with van der Waals surface area (Å²) in [7, 11) is -11.1. The van der Waals surface area contributed by atoms with Crippen molar-refractivity contribution in [2.45, 2.75) is 30.5 Å². The van der Waals surface area contributed by atoms with Crippen LogP contribution in [0.1, 0.15) is 0 Å². The molecule has 73 heavy (non-hydrogen) atoms. The first kappa shape index (κ1) is 47.9. The zero-order chi connectivity index (χ0) is 48.9. The minimum absolute atomic E-state index is 0.0788. The van der Waals surface area contributed by atoms with Crippen LogP contribution in [0.5, 0.6) is 63.2 Å². The Balaban J connectivity index is 1.11. The summed E-state index contributed by atoms with van der Waals surface area (Å²) in [5.41, 5.74) is 0. The summed E-state index contributed by atoms with van der Waals surface area (Å²) in [5, 5.41) is 0. The molecule has 0 bridgehead atoms. The van der Waals surface area contributed by atoms with Crippen LogP contribution < -0.4 is 56.0 Å². The number of hydrogen-bond donors (Lipinski definition) is 1. The van der Waals surface area contributed by atoms with Gasteiger partial charge in [-0.05, 0) is 0 Å². The third-order valence-electron chi connectivity index (χ3n) is 11.4. The molecule has 0 aromatic heterocycles. The van der Waals surface area contributed by atoms with Gasteiger partial charge in [-0.15, -0.1) is 0 Å². The first-order valence-corrected chi connectivity index (χ1v) is 28.3. The molecule has 12 rings (SSSR count). The summed E-state index contributed by atoms with van der Waals surface area (Å²) in [6.45, 7) is 4.06. The van der Waals surface area contributed by atoms with Gasteiger partial charge in [0.1, 0.15) is 0 Å². The van der Waals surface area contributed by atoms with Gasteiger partial charge in [-0.2, -0.15) is 0 Å². The van der Waals surface area contributed by atoms with Gasteiger partial charge in [-0.3, -0.25) is 0 Å². The molecule has 6 heterocycles. The average Bonchev–Trinajstić information content (AvgIpc) is 4.20. The average molecular weight is 1060 g/mol. The van der Waals surface area contributed by atoms with E-state index in [0.717, 1.165) is 0 Å². The standard InChI is InChI=1S/C51H52N3O16P3/c1-2-14-36(15-3-1)65-54-72(66-47-21-9-4-16-42(47)60-31-37-26-55-37,67-48-22-10-5-17-43(48)61-32-38-27-56-38)52-71-53-73(54,68-49-23-11-6-18-44(49)62-33-39-28-57-39,69-50-24-12-7-19-45(50)63-34-40-29-58-40)70-51-25-13-8-20-46(51)64-35-41-30-59-41/h1-25,37-41,53,71H,26-35H2. The second kappa shape index (κ2) is 21.0. The van der Waals surface area contributed by atoms with Crippen molar-refractivity contribution in [3.63, 3.8) is 0 Å². The van der Waals surface area contributed by atoms with Crippen molar-refractivity contribution in [1.29, 1.82) is 0 Å². The van der Waals surface area contributed by atoms with Gasteiger partial charge in [0.25, 0.3) is 0 Å². The summed E-state index contributed by atoms with van der Waals surface area (Å²) >= 11 is 0. The second-order valence-corrected chi connectivity index (χ2v) is 23.9. The molecule has 0 spiro atoms. The Morgan fingerprint density at radius 1 is 0.425 bits per heavy atom. The van der Waals surface area contributed by atoms with Crippen LogP contribution in [-0.2, 0) is 23.7 Å². The molecule has 1 N–H and O–H groups in total. The molecule has 382 valence electrons. The van der Waals surface area contributed by atoms with E-state index in [0.29, 0.717) is 61.8 Å². The second-order valence-electron chi connectivity index (χ2n) is 17.3. The van der Waals surface area contributed by atoms with Gasteiger partial charge in [0.2, 0.25) is 0 Å². The van der Waals surface area contributed by atoms with E-state index in [1.807, 2.05) is 78.9 Å². The predicted octanol–water partition coefficient (Wildman–Crippen LogP) is 9.75. The van der Waals surface area contributed by atoms with E-state index in [2.05, 4.69) is 4.86 Å². The van der Waals surface area contributed by atoms with Crippen LogP contribution >= 0.6 is 24.1 Å². The van der Waals surface area contributed by atoms with Crippen molar-refractivity contribution < 1.29 is 74.8 Å². The Labute approximate surface area is 423 Å². The summed E-state index contributed by atoms with van der Waals surface area (Å²) in [4.78, 5) is 10.9. The first-order chi connectivity index (χ1) is 36.0. The fourth-order valence-electron chi connectivity index (χ4n) is 7.24. The van der Waals surface area contributed by atoms with Gasteiger partial charge in [0.15, 0.2) is 0 Å². The molecule has 0 amide bonds. The molecule has 6 aliphatic heterocycles. The molecule has 6 atom stereocenters. The van der Waals surface area contributed by atoms with Gasteiger partial charge in [-0.25, -0.2) is 0 Å². The zero-order valence-corrected chi connectivity index (χ0v) is 42.0. The fraction of sp³-hybridized carbons (Fsp3) is 0.294. The normalized spacial score (nSPS) is 25.5. The molecule has 5 fully saturated rings. The SMILES string of the molecule is c1ccc(ON2P(Oc3ccccc3OCC3CO3)(Oc3ccccc3OCC3CO3)=NPNP2(Oc2ccccc2OCC2CO2)(Oc2ccccc2OCC2CO2)Oc2ccccc2OCC2CO2)cc1. The monoisotopic (exact) mass is 1060 g/mol. The number of nitrogens with one attached hydrogen (secondary N) is 1. The van der Waals surface area contributed by atoms with Crippen LogP contribution in [0.15, 0.2) is 156 Å². The van der Waals surface area contributed by atoms with E-state index in [-0.39, 0.29) is 98.1 Å². The van der Waals surface area contributed by atoms with Crippen LogP contribution in [0, 0.1) is 0 Å². The van der Waals surface area contributed by atoms with E-state index >= 15 is 0 Å². The fourth-order valence-corrected chi connectivity index (χ4v) is 16.6. The third kappa shape index (κ3) is 11.7. The Morgan fingerprint density at radius 2 is 0.712 bits per heavy atom. The van der Waals surface area contributed by atoms with E-state index in [1.54, 1.807) is 72.8 Å². The molecule has 6 aromatic rings. The number of nitrogens with zero attached hydrogens (tertiary/aromatic N) is 2. The Hall–Kier alpha value is -6.07. The topological polar surface area (TPSA) is 192 Å². The van der Waals surface area contributed by atoms with Gasteiger partial charge in [-0.1, -0.05) is 0 Å². The number of benzene rings is 6. The van der Waals surface area contributed by atoms with Crippen molar-refractivity contribution in [3.8, 4) is 63.2 Å². The molecule has 19 nitrogen and oxygen atoms in total. The summed E-state index contributed by atoms with van der Waals surface area (Å²) < 4.78 is 105. The quantitative estimate of drug-likeness (QED) is 0.0378. The van der Waals surface area contributed by atoms with E-state index in [4.69, 9.17) is 79.3 Å². The zero-order valence-electron chi connectivity index (χ0n) is 39.2. The summed E-state index contributed by atoms with van der Waals surface area (Å²) in [5.74, 6) is 3.05. The molecule has 5 saturated heterocycles. The number of ether oxygens (including phenoxy) is 10. The van der Waals surface area contributed by atoms with Gasteiger partial charge in [0, 0.05) is 0 Å². The van der Waals surface area contributed by atoms with Gasteiger partial charge in [0.05, 0.1) is 0 Å². The van der Waals surface area contributed by atoms with Crippen LogP contribution in [0.25, 0.3) is 0 Å². The van der Waals surface area contributed by atoms with E-state index in [9.17, 15) is 0 Å². The van der Waals surface area contributed by atoms with Crippen molar-refractivity contribution in [1.82, 2.24) is 9.46 Å². The van der Waals surface area contributed by atoms with Crippen molar-refractivity contribution in [2.75, 3.05) is 66.1 Å². The van der Waals surface area contributed by atoms with E-state index in [1.165, 1.54) is 4.60 Å². The van der Waals surface area contributed by atoms with Crippen molar-refractivity contribution in [2.24, 2.45) is 4.52 Å². The Bertz CT molecular complexity index is 2710. The molecule has 0 saturated carbocycles. The van der Waals surface area contributed by atoms with Crippen LogP contribution in [0.4, 0.5) is 0 Å². The molecule has 22 heteroatoms. The number of rotatable bonds is 27. The Kier molecular flexibility index (Phi) is 13.8. The molecule has 6 aromatic carbocycles. The number of para-hydroxylation sites is 11. The molecule has 0 aliphatic carbocycles. The number of epoxide rings is 5. The maximum absolute atomic E-state index is 7.73. The predicted molar refractivity (Wildman–Crippen MR) is 268 cm³/mol. The van der Waals surface area contributed by atoms with Crippen molar-refractivity contribution >= 4 is 24.1 Å². The number of hydrogen-bond acceptors (Lipinski definition) is 19. The molecule has 6 unspecified atom stereocenters. The molecular formula is C51H52N3O16P3. The molecule has 0 radical (unpaired) electrons. The summed E-state index contributed by atoms with van der Waals surface area (Å²) in [6.07, 6.45) is -0.469. The minimum atomic E-state index is -5.95. The molecular weight excluding hydrogens is 1000 g/mol. The third-order valence-corrected chi connectivity index (χ3v) is 20.0. The molecule has 6 aliphatic rings. The van der Waals surface area contributed by atoms with Gasteiger partial charge >= 0.3 is 424 Å². The van der Waals surface area contributed by atoms with E-state index < -0.39 is 24.1 Å². The summed E-state index contributed by atoms with van der Waals surface area (Å²) in [6, 6.07) is 45.0. The first-order valence-electron chi connectivity index (χ1n) is 23.8. The van der Waals surface area contributed by atoms with Gasteiger partial charge < -0.3 is 0 Å². The van der Waals surface area contributed by atoms with Crippen molar-refractivity contribution in [3.05, 3.63) is 152 Å². The van der Waals surface area contributed by atoms with Crippen LogP contribution in [0.2, 0.25) is 0 Å². The Morgan fingerprint density at radius 3 is 1.04 bits per heavy atom.